The van der Waals surface area contributed by atoms with Crippen LogP contribution in [-0.4, -0.2) is 34.8 Å². The maximum absolute atomic E-state index is 12.6. The minimum atomic E-state index is -0.687. The SMILES string of the molecule is CCC(C(=O)OC(C)C)N(Cc1ccccc1)C(=O)CCC(N)=O. The number of nitrogens with two attached hydrogens (primary N) is 1. The highest BCUT2D eigenvalue weighted by Gasteiger charge is 2.30. The fourth-order valence-electron chi connectivity index (χ4n) is 2.35. The predicted octanol–water partition coefficient (Wildman–Crippen LogP) is 2.01. The highest BCUT2D eigenvalue weighted by atomic mass is 16.5. The van der Waals surface area contributed by atoms with Gasteiger partial charge in [0, 0.05) is 19.4 Å². The second kappa shape index (κ2) is 9.70. The lowest BCUT2D eigenvalue weighted by Gasteiger charge is -2.30. The molecule has 0 spiro atoms. The van der Waals surface area contributed by atoms with Crippen LogP contribution in [0.25, 0.3) is 0 Å². The molecular weight excluding hydrogens is 308 g/mol. The molecule has 0 saturated carbocycles. The van der Waals surface area contributed by atoms with Crippen molar-refractivity contribution in [1.29, 1.82) is 0 Å². The average molecular weight is 334 g/mol. The van der Waals surface area contributed by atoms with E-state index < -0.39 is 17.9 Å². The van der Waals surface area contributed by atoms with Crippen molar-refractivity contribution in [3.8, 4) is 0 Å². The van der Waals surface area contributed by atoms with Gasteiger partial charge < -0.3 is 15.4 Å². The summed E-state index contributed by atoms with van der Waals surface area (Å²) in [4.78, 5) is 37.3. The van der Waals surface area contributed by atoms with Crippen LogP contribution in [0, 0.1) is 0 Å². The molecule has 1 aromatic rings. The zero-order valence-electron chi connectivity index (χ0n) is 14.5. The van der Waals surface area contributed by atoms with Gasteiger partial charge >= 0.3 is 5.97 Å². The largest absolute Gasteiger partial charge is 0.461 e. The van der Waals surface area contributed by atoms with E-state index in [0.717, 1.165) is 5.56 Å². The Balaban J connectivity index is 2.98. The van der Waals surface area contributed by atoms with Crippen molar-refractivity contribution < 1.29 is 19.1 Å². The maximum Gasteiger partial charge on any atom is 0.329 e. The second-order valence-electron chi connectivity index (χ2n) is 5.88. The van der Waals surface area contributed by atoms with E-state index in [2.05, 4.69) is 0 Å². The monoisotopic (exact) mass is 334 g/mol. The Morgan fingerprint density at radius 1 is 1.12 bits per heavy atom. The van der Waals surface area contributed by atoms with E-state index in [1.807, 2.05) is 37.3 Å². The minimum absolute atomic E-state index is 0.0202. The Morgan fingerprint density at radius 2 is 1.75 bits per heavy atom. The third-order valence-corrected chi connectivity index (χ3v) is 3.49. The summed E-state index contributed by atoms with van der Waals surface area (Å²) < 4.78 is 5.27. The molecule has 0 saturated heterocycles. The molecule has 0 fully saturated rings. The van der Waals surface area contributed by atoms with E-state index in [-0.39, 0.29) is 31.4 Å². The first kappa shape index (κ1) is 19.7. The van der Waals surface area contributed by atoms with Crippen LogP contribution in [0.3, 0.4) is 0 Å². The molecule has 132 valence electrons. The molecule has 0 heterocycles. The molecule has 2 N–H and O–H groups in total. The first-order chi connectivity index (χ1) is 11.3. The lowest BCUT2D eigenvalue weighted by atomic mass is 10.1. The van der Waals surface area contributed by atoms with Crippen LogP contribution < -0.4 is 5.73 Å². The van der Waals surface area contributed by atoms with Crippen molar-refractivity contribution in [1.82, 2.24) is 4.90 Å². The van der Waals surface area contributed by atoms with Crippen molar-refractivity contribution in [2.75, 3.05) is 0 Å². The van der Waals surface area contributed by atoms with Crippen molar-refractivity contribution in [3.05, 3.63) is 35.9 Å². The van der Waals surface area contributed by atoms with E-state index in [4.69, 9.17) is 10.5 Å². The predicted molar refractivity (Wildman–Crippen MR) is 90.7 cm³/mol. The van der Waals surface area contributed by atoms with E-state index in [9.17, 15) is 14.4 Å². The maximum atomic E-state index is 12.6. The highest BCUT2D eigenvalue weighted by molar-refractivity contribution is 5.87. The van der Waals surface area contributed by atoms with Gasteiger partial charge in [-0.1, -0.05) is 37.3 Å². The van der Waals surface area contributed by atoms with Crippen LogP contribution >= 0.6 is 0 Å². The molecule has 24 heavy (non-hydrogen) atoms. The van der Waals surface area contributed by atoms with Crippen LogP contribution in [0.2, 0.25) is 0 Å². The molecule has 1 atom stereocenters. The Hall–Kier alpha value is -2.37. The summed E-state index contributed by atoms with van der Waals surface area (Å²) in [6, 6.07) is 8.70. The minimum Gasteiger partial charge on any atom is -0.461 e. The fraction of sp³-hybridized carbons (Fsp3) is 0.500. The van der Waals surface area contributed by atoms with Crippen LogP contribution in [0.15, 0.2) is 30.3 Å². The van der Waals surface area contributed by atoms with E-state index in [1.165, 1.54) is 4.90 Å². The molecule has 2 amide bonds. The van der Waals surface area contributed by atoms with Gasteiger partial charge in [-0.3, -0.25) is 9.59 Å². The number of amides is 2. The van der Waals surface area contributed by atoms with E-state index in [0.29, 0.717) is 6.42 Å². The molecule has 0 aromatic heterocycles. The third kappa shape index (κ3) is 6.40. The molecule has 1 unspecified atom stereocenters. The molecule has 0 aliphatic rings. The van der Waals surface area contributed by atoms with Gasteiger partial charge in [-0.15, -0.1) is 0 Å². The zero-order chi connectivity index (χ0) is 18.1. The Labute approximate surface area is 143 Å². The zero-order valence-corrected chi connectivity index (χ0v) is 14.5. The quantitative estimate of drug-likeness (QED) is 0.700. The van der Waals surface area contributed by atoms with Gasteiger partial charge in [0.1, 0.15) is 6.04 Å². The van der Waals surface area contributed by atoms with Gasteiger partial charge in [0.15, 0.2) is 0 Å². The number of primary amides is 1. The van der Waals surface area contributed by atoms with E-state index in [1.54, 1.807) is 13.8 Å². The molecule has 1 aromatic carbocycles. The van der Waals surface area contributed by atoms with Gasteiger partial charge in [-0.05, 0) is 25.8 Å². The number of esters is 1. The number of hydrogen-bond donors (Lipinski definition) is 1. The second-order valence-corrected chi connectivity index (χ2v) is 5.88. The number of hydrogen-bond acceptors (Lipinski definition) is 4. The van der Waals surface area contributed by atoms with Crippen molar-refractivity contribution in [2.45, 2.75) is 58.7 Å². The topological polar surface area (TPSA) is 89.7 Å². The smallest absolute Gasteiger partial charge is 0.329 e. The molecule has 0 bridgehead atoms. The summed E-state index contributed by atoms with van der Waals surface area (Å²) in [5, 5.41) is 0. The third-order valence-electron chi connectivity index (χ3n) is 3.49. The fourth-order valence-corrected chi connectivity index (χ4v) is 2.35. The first-order valence-electron chi connectivity index (χ1n) is 8.17. The van der Waals surface area contributed by atoms with Gasteiger partial charge in [-0.2, -0.15) is 0 Å². The number of nitrogens with zero attached hydrogens (tertiary/aromatic N) is 1. The standard InChI is InChI=1S/C18H26N2O4/c1-4-15(18(23)24-13(2)3)20(17(22)11-10-16(19)21)12-14-8-6-5-7-9-14/h5-9,13,15H,4,10-12H2,1-3H3,(H2,19,21). The average Bonchev–Trinajstić information content (AvgIpc) is 2.52. The van der Waals surface area contributed by atoms with Crippen molar-refractivity contribution in [3.63, 3.8) is 0 Å². The van der Waals surface area contributed by atoms with Crippen LogP contribution in [0.5, 0.6) is 0 Å². The Kier molecular flexibility index (Phi) is 7.95. The van der Waals surface area contributed by atoms with Crippen molar-refractivity contribution in [2.24, 2.45) is 5.73 Å². The lowest BCUT2D eigenvalue weighted by molar-refractivity contribution is -0.159. The normalized spacial score (nSPS) is 11.8. The number of benzene rings is 1. The van der Waals surface area contributed by atoms with Crippen LogP contribution in [0.1, 0.15) is 45.6 Å². The molecule has 0 radical (unpaired) electrons. The molecule has 6 heteroatoms. The summed E-state index contributed by atoms with van der Waals surface area (Å²) in [5.74, 6) is -1.26. The molecule has 0 aliphatic carbocycles. The van der Waals surface area contributed by atoms with Crippen molar-refractivity contribution >= 4 is 17.8 Å². The summed E-state index contributed by atoms with van der Waals surface area (Å²) in [5.41, 5.74) is 6.03. The highest BCUT2D eigenvalue weighted by Crippen LogP contribution is 2.15. The number of rotatable bonds is 9. The number of ether oxygens (including phenoxy) is 1. The van der Waals surface area contributed by atoms with Gasteiger partial charge in [0.2, 0.25) is 11.8 Å². The number of carbonyl (C=O) groups is 3. The first-order valence-corrected chi connectivity index (χ1v) is 8.17. The number of carbonyl (C=O) groups excluding carboxylic acids is 3. The molecule has 6 nitrogen and oxygen atoms in total. The van der Waals surface area contributed by atoms with Gasteiger partial charge in [-0.25, -0.2) is 4.79 Å². The molecule has 0 aliphatic heterocycles. The van der Waals surface area contributed by atoms with Gasteiger partial charge in [0.05, 0.1) is 6.10 Å². The Bertz CT molecular complexity index is 557. The Morgan fingerprint density at radius 3 is 2.25 bits per heavy atom. The lowest BCUT2D eigenvalue weighted by Crippen LogP contribution is -2.45. The summed E-state index contributed by atoms with van der Waals surface area (Å²) in [7, 11) is 0. The van der Waals surface area contributed by atoms with Crippen LogP contribution in [0.4, 0.5) is 0 Å². The summed E-state index contributed by atoms with van der Waals surface area (Å²) in [6.45, 7) is 5.64. The van der Waals surface area contributed by atoms with E-state index >= 15 is 0 Å². The van der Waals surface area contributed by atoms with Crippen LogP contribution in [-0.2, 0) is 25.7 Å². The van der Waals surface area contributed by atoms with Gasteiger partial charge in [0.25, 0.3) is 0 Å². The molecule has 1 rings (SSSR count). The summed E-state index contributed by atoms with van der Waals surface area (Å²) in [6.07, 6.45) is 0.111. The molecular formula is C18H26N2O4. The summed E-state index contributed by atoms with van der Waals surface area (Å²) >= 11 is 0.